The van der Waals surface area contributed by atoms with E-state index in [0.29, 0.717) is 5.56 Å². The lowest BCUT2D eigenvalue weighted by Gasteiger charge is -2.17. The Kier molecular flexibility index (Phi) is 2.73. The van der Waals surface area contributed by atoms with E-state index >= 15 is 0 Å². The molecule has 0 aliphatic carbocycles. The number of aromatic nitrogens is 1. The van der Waals surface area contributed by atoms with E-state index in [1.54, 1.807) is 0 Å². The molecule has 0 saturated carbocycles. The second-order valence-electron chi connectivity index (χ2n) is 4.32. The molecule has 0 spiro atoms. The Morgan fingerprint density at radius 3 is 2.81 bits per heavy atom. The highest BCUT2D eigenvalue weighted by Gasteiger charge is 2.31. The quantitative estimate of drug-likeness (QED) is 0.675. The zero-order valence-electron chi connectivity index (χ0n) is 10.4. The first kappa shape index (κ1) is 12.9. The van der Waals surface area contributed by atoms with Gasteiger partial charge in [0.1, 0.15) is 17.6 Å². The van der Waals surface area contributed by atoms with Crippen molar-refractivity contribution in [3.8, 4) is 6.07 Å². The molecule has 0 fully saturated rings. The summed E-state index contributed by atoms with van der Waals surface area (Å²) < 4.78 is 27.5. The van der Waals surface area contributed by atoms with Gasteiger partial charge >= 0.3 is 0 Å². The summed E-state index contributed by atoms with van der Waals surface area (Å²) in [5.74, 6) is -2.82. The topological polar surface area (TPSA) is 92.1 Å². The fourth-order valence-corrected chi connectivity index (χ4v) is 1.96. The molecule has 0 radical (unpaired) electrons. The Bertz CT molecular complexity index is 868. The molecule has 2 N–H and O–H groups in total. The minimum absolute atomic E-state index is 0.141. The summed E-state index contributed by atoms with van der Waals surface area (Å²) >= 11 is 0. The lowest BCUT2D eigenvalue weighted by Crippen LogP contribution is -2.24. The molecular formula is C14H6F2N4O. The number of pyridine rings is 1. The summed E-state index contributed by atoms with van der Waals surface area (Å²) in [6.45, 7) is 0. The molecule has 5 nitrogen and oxygen atoms in total. The molecule has 0 unspecified atom stereocenters. The fourth-order valence-electron chi connectivity index (χ4n) is 1.96. The van der Waals surface area contributed by atoms with Gasteiger partial charge < -0.3 is 5.73 Å². The number of nitriles is 1. The van der Waals surface area contributed by atoms with Crippen LogP contribution in [0.5, 0.6) is 0 Å². The molecule has 2 heterocycles. The number of benzene rings is 1. The first-order valence-corrected chi connectivity index (χ1v) is 5.80. The van der Waals surface area contributed by atoms with Gasteiger partial charge in [-0.2, -0.15) is 5.26 Å². The van der Waals surface area contributed by atoms with Crippen LogP contribution in [-0.2, 0) is 0 Å². The molecule has 1 aliphatic heterocycles. The SMILES string of the molecule is N#Cc1cnc2c(c1)C(C(=O)c1c(F)ccc(N)c1F)=N2. The van der Waals surface area contributed by atoms with Gasteiger partial charge in [0.05, 0.1) is 22.4 Å². The average Bonchev–Trinajstić information content (AvgIpc) is 2.45. The van der Waals surface area contributed by atoms with Crippen molar-refractivity contribution in [1.29, 1.82) is 5.26 Å². The molecule has 1 aromatic heterocycles. The number of carbonyl (C=O) groups excluding carboxylic acids is 1. The third kappa shape index (κ3) is 1.85. The monoisotopic (exact) mass is 284 g/mol. The van der Waals surface area contributed by atoms with Crippen LogP contribution < -0.4 is 5.73 Å². The molecule has 0 atom stereocenters. The van der Waals surface area contributed by atoms with Crippen LogP contribution in [0, 0.1) is 23.0 Å². The third-order valence-corrected chi connectivity index (χ3v) is 3.03. The lowest BCUT2D eigenvalue weighted by atomic mass is 9.95. The number of fused-ring (bicyclic) bond motifs is 1. The summed E-state index contributed by atoms with van der Waals surface area (Å²) in [5, 5.41) is 8.79. The molecule has 0 amide bonds. The van der Waals surface area contributed by atoms with Crippen LogP contribution in [0.4, 0.5) is 20.3 Å². The molecule has 2 aromatic rings. The Balaban J connectivity index is 2.06. The number of aliphatic imine (C=N–C) groups is 1. The number of nitrogen functional groups attached to an aromatic ring is 1. The van der Waals surface area contributed by atoms with Crippen LogP contribution in [0.15, 0.2) is 29.4 Å². The largest absolute Gasteiger partial charge is 0.396 e. The zero-order valence-corrected chi connectivity index (χ0v) is 10.4. The maximum absolute atomic E-state index is 13.8. The normalized spacial score (nSPS) is 12.0. The minimum atomic E-state index is -1.12. The number of nitrogens with zero attached hydrogens (tertiary/aromatic N) is 3. The van der Waals surface area contributed by atoms with E-state index in [1.807, 2.05) is 6.07 Å². The number of hydrogen-bond donors (Lipinski definition) is 1. The van der Waals surface area contributed by atoms with Gasteiger partial charge in [0.25, 0.3) is 0 Å². The second kappa shape index (κ2) is 4.45. The van der Waals surface area contributed by atoms with Crippen LogP contribution in [0.2, 0.25) is 0 Å². The van der Waals surface area contributed by atoms with Gasteiger partial charge in [-0.05, 0) is 18.2 Å². The second-order valence-corrected chi connectivity index (χ2v) is 4.32. The van der Waals surface area contributed by atoms with Gasteiger partial charge in [0.15, 0.2) is 11.6 Å². The van der Waals surface area contributed by atoms with Gasteiger partial charge in [-0.25, -0.2) is 18.8 Å². The van der Waals surface area contributed by atoms with E-state index in [1.165, 1.54) is 12.3 Å². The maximum atomic E-state index is 13.8. The minimum Gasteiger partial charge on any atom is -0.396 e. The lowest BCUT2D eigenvalue weighted by molar-refractivity contribution is 0.105. The van der Waals surface area contributed by atoms with Gasteiger partial charge in [0, 0.05) is 6.20 Å². The number of ketones is 1. The highest BCUT2D eigenvalue weighted by molar-refractivity contribution is 6.55. The number of anilines is 1. The van der Waals surface area contributed by atoms with E-state index in [0.717, 1.165) is 12.1 Å². The summed E-state index contributed by atoms with van der Waals surface area (Å²) in [6.07, 6.45) is 1.30. The molecule has 3 rings (SSSR count). The van der Waals surface area contributed by atoms with E-state index in [-0.39, 0.29) is 22.8 Å². The van der Waals surface area contributed by atoms with Crippen molar-refractivity contribution in [3.05, 3.63) is 52.7 Å². The van der Waals surface area contributed by atoms with Crippen molar-refractivity contribution in [2.75, 3.05) is 5.73 Å². The molecular weight excluding hydrogens is 278 g/mol. The Labute approximate surface area is 117 Å². The van der Waals surface area contributed by atoms with Crippen molar-refractivity contribution in [2.45, 2.75) is 0 Å². The first-order valence-electron chi connectivity index (χ1n) is 5.80. The van der Waals surface area contributed by atoms with Crippen LogP contribution in [-0.4, -0.2) is 16.5 Å². The van der Waals surface area contributed by atoms with Crippen LogP contribution in [0.3, 0.4) is 0 Å². The van der Waals surface area contributed by atoms with Crippen LogP contribution in [0.25, 0.3) is 0 Å². The molecule has 1 aromatic carbocycles. The number of Topliss-reactive ketones (excluding diaryl/α,β-unsaturated/α-hetero) is 1. The van der Waals surface area contributed by atoms with Crippen LogP contribution >= 0.6 is 0 Å². The summed E-state index contributed by atoms with van der Waals surface area (Å²) in [7, 11) is 0. The Morgan fingerprint density at radius 1 is 1.33 bits per heavy atom. The predicted molar refractivity (Wildman–Crippen MR) is 70.2 cm³/mol. The number of hydrogen-bond acceptors (Lipinski definition) is 5. The van der Waals surface area contributed by atoms with Gasteiger partial charge in [-0.15, -0.1) is 0 Å². The smallest absolute Gasteiger partial charge is 0.218 e. The van der Waals surface area contributed by atoms with E-state index in [2.05, 4.69) is 9.98 Å². The molecule has 0 bridgehead atoms. The number of halogens is 2. The highest BCUT2D eigenvalue weighted by atomic mass is 19.1. The van der Waals surface area contributed by atoms with E-state index < -0.39 is 23.0 Å². The molecule has 7 heteroatoms. The Hall–Kier alpha value is -3.14. The average molecular weight is 284 g/mol. The first-order chi connectivity index (χ1) is 10.0. The Morgan fingerprint density at radius 2 is 2.10 bits per heavy atom. The number of carbonyl (C=O) groups is 1. The van der Waals surface area contributed by atoms with Crippen molar-refractivity contribution < 1.29 is 13.6 Å². The van der Waals surface area contributed by atoms with Crippen molar-refractivity contribution in [2.24, 2.45) is 4.99 Å². The molecule has 21 heavy (non-hydrogen) atoms. The van der Waals surface area contributed by atoms with Gasteiger partial charge in [0.2, 0.25) is 5.78 Å². The fraction of sp³-hybridized carbons (Fsp3) is 0. The summed E-state index contributed by atoms with van der Waals surface area (Å²) in [4.78, 5) is 19.9. The highest BCUT2D eigenvalue weighted by Crippen LogP contribution is 2.31. The van der Waals surface area contributed by atoms with Crippen molar-refractivity contribution >= 4 is 23.0 Å². The maximum Gasteiger partial charge on any atom is 0.218 e. The van der Waals surface area contributed by atoms with Crippen molar-refractivity contribution in [1.82, 2.24) is 4.98 Å². The van der Waals surface area contributed by atoms with E-state index in [4.69, 9.17) is 11.0 Å². The standard InChI is InChI=1S/C14H6F2N4O/c15-8-1-2-9(18)11(16)10(8)13(21)12-7-3-6(4-17)5-19-14(7)20-12/h1-3,5H,18H2. The van der Waals surface area contributed by atoms with Gasteiger partial charge in [-0.3, -0.25) is 4.79 Å². The molecule has 1 aliphatic rings. The summed E-state index contributed by atoms with van der Waals surface area (Å²) in [5.41, 5.74) is 4.62. The van der Waals surface area contributed by atoms with Gasteiger partial charge in [-0.1, -0.05) is 0 Å². The number of rotatable bonds is 2. The van der Waals surface area contributed by atoms with E-state index in [9.17, 15) is 13.6 Å². The molecule has 102 valence electrons. The number of nitrogens with two attached hydrogens (primary N) is 1. The van der Waals surface area contributed by atoms with Crippen molar-refractivity contribution in [3.63, 3.8) is 0 Å². The summed E-state index contributed by atoms with van der Waals surface area (Å²) in [6, 6.07) is 5.20. The molecule has 0 saturated heterocycles. The zero-order chi connectivity index (χ0) is 15.1. The third-order valence-electron chi connectivity index (χ3n) is 3.03. The van der Waals surface area contributed by atoms with Crippen LogP contribution in [0.1, 0.15) is 21.5 Å². The predicted octanol–water partition coefficient (Wildman–Crippen LogP) is 2.13.